The van der Waals surface area contributed by atoms with Crippen molar-refractivity contribution in [3.8, 4) is 11.5 Å². The Labute approximate surface area is 210 Å². The van der Waals surface area contributed by atoms with Gasteiger partial charge in [0.05, 0.1) is 6.61 Å². The molecule has 0 spiro atoms. The molecule has 2 heterocycles. The number of nitrogens with zero attached hydrogens (tertiary/aromatic N) is 2. The summed E-state index contributed by atoms with van der Waals surface area (Å²) in [4.78, 5) is 29.9. The summed E-state index contributed by atoms with van der Waals surface area (Å²) in [5.41, 5.74) is -0.510. The maximum atomic E-state index is 13.4. The molecule has 2 amide bonds. The largest absolute Gasteiger partial charge is 0.493 e. The van der Waals surface area contributed by atoms with Crippen LogP contribution in [0.2, 0.25) is 5.02 Å². The third-order valence-electron chi connectivity index (χ3n) is 6.75. The summed E-state index contributed by atoms with van der Waals surface area (Å²) in [6.45, 7) is 2.68. The van der Waals surface area contributed by atoms with Crippen LogP contribution in [0.25, 0.3) is 0 Å². The van der Waals surface area contributed by atoms with Crippen molar-refractivity contribution >= 4 is 23.4 Å². The highest BCUT2D eigenvalue weighted by molar-refractivity contribution is 6.30. The minimum absolute atomic E-state index is 0.115. The van der Waals surface area contributed by atoms with Gasteiger partial charge in [-0.15, -0.1) is 0 Å². The van der Waals surface area contributed by atoms with E-state index in [1.54, 1.807) is 29.2 Å². The summed E-state index contributed by atoms with van der Waals surface area (Å²) in [5.74, 6) is 0.462. The van der Waals surface area contributed by atoms with Crippen LogP contribution in [0.5, 0.6) is 11.5 Å². The number of hydrogen-bond donors (Lipinski definition) is 0. The fraction of sp³-hybridized carbons (Fsp3) is 0.481. The van der Waals surface area contributed by atoms with Crippen molar-refractivity contribution in [3.63, 3.8) is 0 Å². The maximum Gasteiger partial charge on any atom is 0.260 e. The van der Waals surface area contributed by atoms with Crippen LogP contribution >= 0.6 is 11.6 Å². The first-order chi connectivity index (χ1) is 16.9. The molecule has 0 radical (unpaired) electrons. The van der Waals surface area contributed by atoms with E-state index in [4.69, 9.17) is 21.1 Å². The smallest absolute Gasteiger partial charge is 0.260 e. The molecule has 2 aromatic rings. The molecule has 1 atom stereocenters. The van der Waals surface area contributed by atoms with Crippen molar-refractivity contribution in [2.45, 2.75) is 38.5 Å². The summed E-state index contributed by atoms with van der Waals surface area (Å²) < 4.78 is 25.1. The van der Waals surface area contributed by atoms with Crippen molar-refractivity contribution in [1.29, 1.82) is 0 Å². The lowest BCUT2D eigenvalue weighted by atomic mass is 9.77. The van der Waals surface area contributed by atoms with Gasteiger partial charge in [-0.3, -0.25) is 9.59 Å². The predicted molar refractivity (Wildman–Crippen MR) is 132 cm³/mol. The van der Waals surface area contributed by atoms with Crippen molar-refractivity contribution in [3.05, 3.63) is 59.4 Å². The molecule has 2 aromatic carbocycles. The Bertz CT molecular complexity index is 1030. The molecule has 35 heavy (non-hydrogen) atoms. The van der Waals surface area contributed by atoms with Gasteiger partial charge in [0, 0.05) is 49.1 Å². The standard InChI is InChI=1S/C27H32ClFN2O4/c28-21-7-4-9-23(15-21)35-20-27(17-25(32)30-12-2-1-3-13-30)11-6-14-31(19-27)26(33)18-34-24-10-5-8-22(29)16-24/h4-5,7-10,15-16H,1-3,6,11-14,17-20H2/t27-/m1/s1. The highest BCUT2D eigenvalue weighted by Crippen LogP contribution is 2.36. The quantitative estimate of drug-likeness (QED) is 0.512. The molecule has 0 unspecified atom stereocenters. The van der Waals surface area contributed by atoms with Crippen LogP contribution in [0, 0.1) is 11.2 Å². The molecule has 188 valence electrons. The molecular formula is C27H32ClFN2O4. The van der Waals surface area contributed by atoms with Gasteiger partial charge in [-0.2, -0.15) is 0 Å². The predicted octanol–water partition coefficient (Wildman–Crippen LogP) is 4.95. The van der Waals surface area contributed by atoms with Crippen molar-refractivity contribution in [1.82, 2.24) is 9.80 Å². The Morgan fingerprint density at radius 2 is 1.60 bits per heavy atom. The molecular weight excluding hydrogens is 471 g/mol. The van der Waals surface area contributed by atoms with Gasteiger partial charge >= 0.3 is 0 Å². The summed E-state index contributed by atoms with van der Waals surface area (Å²) in [6, 6.07) is 12.9. The monoisotopic (exact) mass is 502 g/mol. The summed E-state index contributed by atoms with van der Waals surface area (Å²) in [6.07, 6.45) is 5.07. The van der Waals surface area contributed by atoms with E-state index >= 15 is 0 Å². The van der Waals surface area contributed by atoms with Gasteiger partial charge in [0.15, 0.2) is 6.61 Å². The van der Waals surface area contributed by atoms with E-state index in [9.17, 15) is 14.0 Å². The highest BCUT2D eigenvalue weighted by Gasteiger charge is 2.41. The first-order valence-corrected chi connectivity index (χ1v) is 12.6. The number of likely N-dealkylation sites (tertiary alicyclic amines) is 2. The number of halogens is 2. The summed E-state index contributed by atoms with van der Waals surface area (Å²) in [7, 11) is 0. The van der Waals surface area contributed by atoms with E-state index in [1.165, 1.54) is 12.1 Å². The normalized spacial score (nSPS) is 20.4. The molecule has 2 aliphatic rings. The second-order valence-corrected chi connectivity index (χ2v) is 9.97. The first-order valence-electron chi connectivity index (χ1n) is 12.2. The third kappa shape index (κ3) is 7.10. The number of rotatable bonds is 8. The van der Waals surface area contributed by atoms with Gasteiger partial charge in [0.2, 0.25) is 5.91 Å². The van der Waals surface area contributed by atoms with Gasteiger partial charge < -0.3 is 19.3 Å². The van der Waals surface area contributed by atoms with Gasteiger partial charge in [-0.05, 0) is 62.4 Å². The van der Waals surface area contributed by atoms with Gasteiger partial charge in [0.1, 0.15) is 17.3 Å². The minimum Gasteiger partial charge on any atom is -0.493 e. The lowest BCUT2D eigenvalue weighted by Crippen LogP contribution is -2.52. The minimum atomic E-state index is -0.510. The van der Waals surface area contributed by atoms with E-state index in [2.05, 4.69) is 0 Å². The fourth-order valence-electron chi connectivity index (χ4n) is 4.90. The van der Waals surface area contributed by atoms with Crippen LogP contribution in [-0.4, -0.2) is 61.0 Å². The zero-order valence-electron chi connectivity index (χ0n) is 19.9. The lowest BCUT2D eigenvalue weighted by molar-refractivity contribution is -0.143. The highest BCUT2D eigenvalue weighted by atomic mass is 35.5. The maximum absolute atomic E-state index is 13.4. The first kappa shape index (κ1) is 25.3. The molecule has 0 aromatic heterocycles. The van der Waals surface area contributed by atoms with Crippen LogP contribution in [0.3, 0.4) is 0 Å². The van der Waals surface area contributed by atoms with Gasteiger partial charge in [0.25, 0.3) is 5.91 Å². The van der Waals surface area contributed by atoms with E-state index in [0.29, 0.717) is 42.6 Å². The zero-order valence-corrected chi connectivity index (χ0v) is 20.6. The van der Waals surface area contributed by atoms with Crippen molar-refractivity contribution < 1.29 is 23.5 Å². The molecule has 0 saturated carbocycles. The molecule has 2 saturated heterocycles. The molecule has 4 rings (SSSR count). The molecule has 2 aliphatic heterocycles. The van der Waals surface area contributed by atoms with E-state index in [-0.39, 0.29) is 18.4 Å². The van der Waals surface area contributed by atoms with Crippen molar-refractivity contribution in [2.24, 2.45) is 5.41 Å². The lowest BCUT2D eigenvalue weighted by Gasteiger charge is -2.43. The van der Waals surface area contributed by atoms with Crippen LogP contribution in [0.15, 0.2) is 48.5 Å². The SMILES string of the molecule is O=C(C[C@]1(COc2cccc(Cl)c2)CCCN(C(=O)COc2cccc(F)c2)C1)N1CCCCC1. The average molecular weight is 503 g/mol. The average Bonchev–Trinajstić information content (AvgIpc) is 2.87. The van der Waals surface area contributed by atoms with E-state index in [0.717, 1.165) is 45.2 Å². The summed E-state index contributed by atoms with van der Waals surface area (Å²) in [5, 5.41) is 0.580. The fourth-order valence-corrected chi connectivity index (χ4v) is 5.08. The number of ether oxygens (including phenoxy) is 2. The Hall–Kier alpha value is -2.80. The topological polar surface area (TPSA) is 59.1 Å². The second-order valence-electron chi connectivity index (χ2n) is 9.53. The number of carbonyl (C=O) groups is 2. The molecule has 2 fully saturated rings. The van der Waals surface area contributed by atoms with Gasteiger partial charge in [-0.25, -0.2) is 4.39 Å². The molecule has 0 aliphatic carbocycles. The van der Waals surface area contributed by atoms with Crippen LogP contribution < -0.4 is 9.47 Å². The molecule has 0 bridgehead atoms. The van der Waals surface area contributed by atoms with Crippen LogP contribution in [0.4, 0.5) is 4.39 Å². The van der Waals surface area contributed by atoms with Crippen LogP contribution in [-0.2, 0) is 9.59 Å². The van der Waals surface area contributed by atoms with Crippen molar-refractivity contribution in [2.75, 3.05) is 39.4 Å². The molecule has 6 nitrogen and oxygen atoms in total. The number of piperidine rings is 2. The number of carbonyl (C=O) groups excluding carboxylic acids is 2. The number of hydrogen-bond acceptors (Lipinski definition) is 4. The summed E-state index contributed by atoms with van der Waals surface area (Å²) >= 11 is 6.12. The number of benzene rings is 2. The van der Waals surface area contributed by atoms with Crippen LogP contribution in [0.1, 0.15) is 38.5 Å². The number of amides is 2. The molecule has 0 N–H and O–H groups in total. The Morgan fingerprint density at radius 1 is 0.886 bits per heavy atom. The second kappa shape index (κ2) is 11.8. The third-order valence-corrected chi connectivity index (χ3v) is 6.98. The Balaban J connectivity index is 1.45. The van der Waals surface area contributed by atoms with E-state index < -0.39 is 11.2 Å². The Morgan fingerprint density at radius 3 is 2.34 bits per heavy atom. The van der Waals surface area contributed by atoms with Gasteiger partial charge in [-0.1, -0.05) is 23.7 Å². The molecule has 8 heteroatoms. The Kier molecular flexibility index (Phi) is 8.50. The van der Waals surface area contributed by atoms with E-state index in [1.807, 2.05) is 17.0 Å². The zero-order chi connectivity index (χ0) is 24.7.